The molecule has 0 N–H and O–H groups in total. The molecule has 0 fully saturated rings. The van der Waals surface area contributed by atoms with E-state index in [2.05, 4.69) is 30.3 Å². The van der Waals surface area contributed by atoms with Crippen molar-refractivity contribution in [3.05, 3.63) is 315 Å². The highest BCUT2D eigenvalue weighted by molar-refractivity contribution is 6.15. The van der Waals surface area contributed by atoms with Gasteiger partial charge in [0, 0.05) is 96.4 Å². The van der Waals surface area contributed by atoms with Crippen molar-refractivity contribution in [2.45, 2.75) is 6.18 Å². The van der Waals surface area contributed by atoms with Gasteiger partial charge in [-0.25, -0.2) is 0 Å². The van der Waals surface area contributed by atoms with Gasteiger partial charge in [-0.1, -0.05) is 188 Å². The predicted octanol–water partition coefficient (Wildman–Crippen LogP) is 21.4. The molecule has 0 amide bonds. The number of rotatable bonds is 11. The fraction of sp³-hybridized carbons (Fsp3) is 0.0122. The van der Waals surface area contributed by atoms with E-state index in [0.717, 1.165) is 111 Å². The second-order valence-electron chi connectivity index (χ2n) is 22.7. The molecule has 0 atom stereocenters. The SMILES string of the molecule is N#Cc1cccc(-c2ccc(-n3c4ccc(-c5cccnc5-c5ccccc5)cc4c4cc(-c5cccnc5-c5ccccc5)ccc43)c(C(F)(F)F)c2-n2c3ccc(-c4cccnc4-c4ccccc4)cc3c3cc(-c4cccnc4-c4ccccc4)ccc32)c1. The highest BCUT2D eigenvalue weighted by Crippen LogP contribution is 2.50. The van der Waals surface area contributed by atoms with E-state index in [4.69, 9.17) is 19.9 Å². The van der Waals surface area contributed by atoms with E-state index in [9.17, 15) is 5.26 Å². The minimum atomic E-state index is -5.00. The molecule has 0 unspecified atom stereocenters. The Hall–Kier alpha value is -12.3. The zero-order valence-electron chi connectivity index (χ0n) is 49.1. The maximum absolute atomic E-state index is 17.8. The first-order chi connectivity index (χ1) is 45.3. The first-order valence-corrected chi connectivity index (χ1v) is 30.2. The summed E-state index contributed by atoms with van der Waals surface area (Å²) in [5.74, 6) is 0. The van der Waals surface area contributed by atoms with E-state index in [1.807, 2.05) is 218 Å². The van der Waals surface area contributed by atoms with Gasteiger partial charge in [0.15, 0.2) is 0 Å². The smallest absolute Gasteiger partial charge is 0.309 e. The molecule has 92 heavy (non-hydrogen) atoms. The summed E-state index contributed by atoms with van der Waals surface area (Å²) in [5.41, 5.74) is 15.8. The molecule has 0 aliphatic carbocycles. The van der Waals surface area contributed by atoms with Crippen molar-refractivity contribution in [2.75, 3.05) is 0 Å². The van der Waals surface area contributed by atoms with Crippen LogP contribution in [0.25, 0.3) is 156 Å². The van der Waals surface area contributed by atoms with E-state index in [-0.39, 0.29) is 16.9 Å². The highest BCUT2D eigenvalue weighted by atomic mass is 19.4. The van der Waals surface area contributed by atoms with E-state index >= 15 is 13.2 Å². The molecule has 0 bridgehead atoms. The molecule has 0 aliphatic heterocycles. The molecule has 16 aromatic rings. The summed E-state index contributed by atoms with van der Waals surface area (Å²) < 4.78 is 56.9. The van der Waals surface area contributed by atoms with Crippen LogP contribution in [-0.4, -0.2) is 29.1 Å². The summed E-state index contributed by atoms with van der Waals surface area (Å²) in [6.07, 6.45) is 2.10. The maximum Gasteiger partial charge on any atom is 0.420 e. The molecule has 10 heteroatoms. The molecule has 0 spiro atoms. The molecule has 0 saturated carbocycles. The summed E-state index contributed by atoms with van der Waals surface area (Å²) in [6.45, 7) is 0. The van der Waals surface area contributed by atoms with Gasteiger partial charge < -0.3 is 9.13 Å². The van der Waals surface area contributed by atoms with Crippen LogP contribution >= 0.6 is 0 Å². The van der Waals surface area contributed by atoms with Crippen LogP contribution in [0.15, 0.2) is 304 Å². The lowest BCUT2D eigenvalue weighted by molar-refractivity contribution is -0.137. The third-order valence-electron chi connectivity index (χ3n) is 17.4. The second-order valence-corrected chi connectivity index (χ2v) is 22.7. The number of halogens is 3. The number of fused-ring (bicyclic) bond motifs is 6. The van der Waals surface area contributed by atoms with Crippen LogP contribution in [-0.2, 0) is 6.18 Å². The number of nitrogens with zero attached hydrogens (tertiary/aromatic N) is 7. The van der Waals surface area contributed by atoms with Crippen molar-refractivity contribution < 1.29 is 13.2 Å². The van der Waals surface area contributed by atoms with Crippen LogP contribution < -0.4 is 0 Å². The van der Waals surface area contributed by atoms with Gasteiger partial charge in [0.1, 0.15) is 5.56 Å². The van der Waals surface area contributed by atoms with Gasteiger partial charge in [-0.15, -0.1) is 0 Å². The van der Waals surface area contributed by atoms with Crippen molar-refractivity contribution in [1.29, 1.82) is 5.26 Å². The molecular formula is C82H50F3N7. The highest BCUT2D eigenvalue weighted by Gasteiger charge is 2.41. The average Bonchev–Trinajstić information content (AvgIpc) is 1.60. The molecule has 6 heterocycles. The van der Waals surface area contributed by atoms with Gasteiger partial charge >= 0.3 is 6.18 Å². The number of benzene rings is 10. The van der Waals surface area contributed by atoms with E-state index in [0.29, 0.717) is 33.2 Å². The maximum atomic E-state index is 17.8. The zero-order chi connectivity index (χ0) is 61.9. The fourth-order valence-corrected chi connectivity index (χ4v) is 13.3. The largest absolute Gasteiger partial charge is 0.420 e. The number of nitriles is 1. The molecule has 10 aromatic carbocycles. The van der Waals surface area contributed by atoms with Crippen LogP contribution in [0.4, 0.5) is 13.2 Å². The van der Waals surface area contributed by atoms with Crippen LogP contribution in [0, 0.1) is 11.3 Å². The van der Waals surface area contributed by atoms with Gasteiger partial charge in [-0.05, 0) is 119 Å². The summed E-state index contributed by atoms with van der Waals surface area (Å²) in [7, 11) is 0. The summed E-state index contributed by atoms with van der Waals surface area (Å²) in [4.78, 5) is 19.6. The molecule has 6 aromatic heterocycles. The second kappa shape index (κ2) is 22.7. The number of hydrogen-bond donors (Lipinski definition) is 0. The van der Waals surface area contributed by atoms with Crippen LogP contribution in [0.1, 0.15) is 11.1 Å². The topological polar surface area (TPSA) is 85.2 Å². The third-order valence-corrected chi connectivity index (χ3v) is 17.4. The Bertz CT molecular complexity index is 5300. The van der Waals surface area contributed by atoms with Crippen molar-refractivity contribution in [3.8, 4) is 118 Å². The summed E-state index contributed by atoms with van der Waals surface area (Å²) >= 11 is 0. The van der Waals surface area contributed by atoms with Gasteiger partial charge in [0.25, 0.3) is 0 Å². The Morgan fingerprint density at radius 2 is 0.620 bits per heavy atom. The average molecular weight is 1190 g/mol. The lowest BCUT2D eigenvalue weighted by Gasteiger charge is -2.24. The van der Waals surface area contributed by atoms with Crippen molar-refractivity contribution in [2.24, 2.45) is 0 Å². The minimum Gasteiger partial charge on any atom is -0.309 e. The van der Waals surface area contributed by atoms with Crippen molar-refractivity contribution >= 4 is 43.6 Å². The number of hydrogen-bond acceptors (Lipinski definition) is 5. The summed E-state index contributed by atoms with van der Waals surface area (Å²) in [6, 6.07) is 92.1. The van der Waals surface area contributed by atoms with Crippen LogP contribution in [0.3, 0.4) is 0 Å². The number of aromatic nitrogens is 6. The lowest BCUT2D eigenvalue weighted by atomic mass is 9.95. The zero-order valence-corrected chi connectivity index (χ0v) is 49.1. The summed E-state index contributed by atoms with van der Waals surface area (Å²) in [5, 5.41) is 13.3. The third kappa shape index (κ3) is 9.55. The van der Waals surface area contributed by atoms with Gasteiger partial charge in [0.05, 0.1) is 67.8 Å². The molecule has 16 rings (SSSR count). The van der Waals surface area contributed by atoms with E-state index in [1.54, 1.807) is 70.3 Å². The Labute approximate surface area is 527 Å². The van der Waals surface area contributed by atoms with Crippen molar-refractivity contribution in [1.82, 2.24) is 29.1 Å². The standard InChI is InChI=1S/C82H50F3N7/c83-82(84,85)76-75(91-71-37-32-58(62-28-14-42-87-77(62)53-19-5-1-6-20-53)47-67(71)68-48-59(33-38-72(68)91)63-29-15-43-88-78(63)54-21-7-2-8-22-54)41-36-66(57-27-13-18-52(46-57)51-86)81(76)92-73-39-34-60(64-30-16-44-89-79(64)55-23-9-3-10-24-55)49-69(73)70-50-61(35-40-74(70)92)65-31-17-45-90-80(65)56-25-11-4-12-26-56/h1-50H. The van der Waals surface area contributed by atoms with Gasteiger partial charge in [0.2, 0.25) is 0 Å². The van der Waals surface area contributed by atoms with Crippen LogP contribution in [0.2, 0.25) is 0 Å². The molecule has 0 aliphatic rings. The normalized spacial score (nSPS) is 11.6. The Morgan fingerprint density at radius 3 is 0.957 bits per heavy atom. The van der Waals surface area contributed by atoms with E-state index < -0.39 is 11.7 Å². The van der Waals surface area contributed by atoms with E-state index in [1.165, 1.54) is 0 Å². The molecular weight excluding hydrogens is 1140 g/mol. The fourth-order valence-electron chi connectivity index (χ4n) is 13.3. The number of pyridine rings is 4. The predicted molar refractivity (Wildman–Crippen MR) is 365 cm³/mol. The number of alkyl halides is 3. The Balaban J connectivity index is 1.01. The van der Waals surface area contributed by atoms with Crippen molar-refractivity contribution in [3.63, 3.8) is 0 Å². The molecule has 7 nitrogen and oxygen atoms in total. The first kappa shape index (κ1) is 55.0. The van der Waals surface area contributed by atoms with Gasteiger partial charge in [-0.3, -0.25) is 19.9 Å². The molecule has 0 saturated heterocycles. The minimum absolute atomic E-state index is 0.0835. The quantitative estimate of drug-likeness (QED) is 0.129. The Kier molecular flexibility index (Phi) is 13.6. The monoisotopic (exact) mass is 1190 g/mol. The molecule has 0 radical (unpaired) electrons. The molecule has 434 valence electrons. The first-order valence-electron chi connectivity index (χ1n) is 30.2. The van der Waals surface area contributed by atoms with Gasteiger partial charge in [-0.2, -0.15) is 18.4 Å². The lowest BCUT2D eigenvalue weighted by Crippen LogP contribution is -2.17. The Morgan fingerprint density at radius 1 is 0.293 bits per heavy atom. The van der Waals surface area contributed by atoms with Crippen LogP contribution in [0.5, 0.6) is 0 Å².